The fraction of sp³-hybridized carbons (Fsp3) is 0.750. The lowest BCUT2D eigenvalue weighted by Crippen LogP contribution is -2.21. The summed E-state index contributed by atoms with van der Waals surface area (Å²) >= 11 is 0. The third-order valence-electron chi connectivity index (χ3n) is 2.38. The highest BCUT2D eigenvalue weighted by Gasteiger charge is 2.15. The number of aliphatic hydroxyl groups is 1. The summed E-state index contributed by atoms with van der Waals surface area (Å²) in [5.74, 6) is 1.01. The Morgan fingerprint density at radius 2 is 2.06 bits per heavy atom. The molecule has 1 atom stereocenters. The number of nitrogens with one attached hydrogen (secondary N) is 1. The summed E-state index contributed by atoms with van der Waals surface area (Å²) < 4.78 is 5.24. The lowest BCUT2D eigenvalue weighted by molar-refractivity contribution is -0.106. The molecule has 0 aromatic heterocycles. The third kappa shape index (κ3) is 11.2. The van der Waals surface area contributed by atoms with E-state index in [9.17, 15) is 0 Å². The van der Waals surface area contributed by atoms with Crippen LogP contribution in [0.5, 0.6) is 0 Å². The summed E-state index contributed by atoms with van der Waals surface area (Å²) in [6.45, 7) is 9.55. The average Bonchev–Trinajstić information content (AvgIpc) is 2.29. The molecular formula is C12H26N2O3. The van der Waals surface area contributed by atoms with Gasteiger partial charge in [-0.2, -0.15) is 0 Å². The van der Waals surface area contributed by atoms with Crippen molar-refractivity contribution in [2.24, 2.45) is 17.6 Å². The van der Waals surface area contributed by atoms with Crippen molar-refractivity contribution in [3.8, 4) is 0 Å². The second-order valence-corrected chi connectivity index (χ2v) is 3.89. The Kier molecular flexibility index (Phi) is 14.0. The summed E-state index contributed by atoms with van der Waals surface area (Å²) in [6, 6.07) is 0. The molecule has 0 heterocycles. The van der Waals surface area contributed by atoms with Crippen LogP contribution in [0.25, 0.3) is 0 Å². The van der Waals surface area contributed by atoms with Crippen LogP contribution < -0.4 is 11.1 Å². The number of hydrogen-bond donors (Lipinski definition) is 3. The molecule has 1 unspecified atom stereocenters. The van der Waals surface area contributed by atoms with E-state index in [1.165, 1.54) is 0 Å². The molecule has 4 N–H and O–H groups in total. The molecule has 5 heteroatoms. The first-order valence-electron chi connectivity index (χ1n) is 5.75. The normalized spacial score (nSPS) is 11.4. The summed E-state index contributed by atoms with van der Waals surface area (Å²) in [5.41, 5.74) is 5.23. The van der Waals surface area contributed by atoms with Gasteiger partial charge in [0.05, 0.1) is 13.2 Å². The predicted octanol–water partition coefficient (Wildman–Crippen LogP) is 0.492. The molecule has 0 fully saturated rings. The van der Waals surface area contributed by atoms with Gasteiger partial charge in [-0.1, -0.05) is 20.4 Å². The Hall–Kier alpha value is -1.07. The van der Waals surface area contributed by atoms with E-state index in [4.69, 9.17) is 14.6 Å². The molecule has 0 rings (SSSR count). The van der Waals surface area contributed by atoms with E-state index in [0.29, 0.717) is 25.0 Å². The maximum absolute atomic E-state index is 8.58. The van der Waals surface area contributed by atoms with Gasteiger partial charge in [0.1, 0.15) is 0 Å². The number of nitrogens with two attached hydrogens (primary N) is 1. The highest BCUT2D eigenvalue weighted by molar-refractivity contribution is 5.42. The van der Waals surface area contributed by atoms with Crippen LogP contribution in [-0.2, 0) is 9.53 Å². The zero-order valence-electron chi connectivity index (χ0n) is 11.1. The Bertz CT molecular complexity index is 196. The van der Waals surface area contributed by atoms with Crippen molar-refractivity contribution in [3.63, 3.8) is 0 Å². The number of rotatable bonds is 8. The first kappa shape index (κ1) is 18.3. The molecule has 102 valence electrons. The summed E-state index contributed by atoms with van der Waals surface area (Å²) in [5, 5.41) is 11.6. The Morgan fingerprint density at radius 1 is 1.53 bits per heavy atom. The number of primary amides is 1. The van der Waals surface area contributed by atoms with Crippen molar-refractivity contribution in [1.82, 2.24) is 5.32 Å². The number of ether oxygens (including phenoxy) is 1. The molecule has 1 amide bonds. The Balaban J connectivity index is 0. The molecule has 5 nitrogen and oxygen atoms in total. The maximum Gasteiger partial charge on any atom is 0.204 e. The van der Waals surface area contributed by atoms with Gasteiger partial charge in [-0.15, -0.1) is 0 Å². The van der Waals surface area contributed by atoms with Crippen LogP contribution in [0.15, 0.2) is 12.3 Å². The molecule has 0 aliphatic heterocycles. The zero-order chi connectivity index (χ0) is 13.7. The Morgan fingerprint density at radius 3 is 2.41 bits per heavy atom. The molecule has 0 aliphatic carbocycles. The van der Waals surface area contributed by atoms with Crippen LogP contribution in [-0.4, -0.2) is 38.4 Å². The minimum Gasteiger partial charge on any atom is -0.394 e. The van der Waals surface area contributed by atoms with E-state index in [1.54, 1.807) is 0 Å². The van der Waals surface area contributed by atoms with E-state index in [-0.39, 0.29) is 13.0 Å². The van der Waals surface area contributed by atoms with Crippen LogP contribution in [0.3, 0.4) is 0 Å². The predicted molar refractivity (Wildman–Crippen MR) is 69.3 cm³/mol. The molecule has 0 radical (unpaired) electrons. The molecule has 0 aliphatic rings. The van der Waals surface area contributed by atoms with Crippen LogP contribution >= 0.6 is 0 Å². The molecule has 0 aromatic carbocycles. The lowest BCUT2D eigenvalue weighted by atomic mass is 9.90. The topological polar surface area (TPSA) is 84.6 Å². The van der Waals surface area contributed by atoms with Gasteiger partial charge in [0.15, 0.2) is 0 Å². The van der Waals surface area contributed by atoms with Crippen LogP contribution in [0, 0.1) is 11.8 Å². The largest absolute Gasteiger partial charge is 0.394 e. The molecule has 17 heavy (non-hydrogen) atoms. The van der Waals surface area contributed by atoms with E-state index in [2.05, 4.69) is 31.5 Å². The molecular weight excluding hydrogens is 220 g/mol. The van der Waals surface area contributed by atoms with Gasteiger partial charge in [0.2, 0.25) is 6.41 Å². The second kappa shape index (κ2) is 13.0. The first-order chi connectivity index (χ1) is 8.04. The zero-order valence-corrected chi connectivity index (χ0v) is 11.1. The van der Waals surface area contributed by atoms with Crippen LogP contribution in [0.2, 0.25) is 0 Å². The lowest BCUT2D eigenvalue weighted by Gasteiger charge is -2.22. The maximum atomic E-state index is 8.58. The summed E-state index contributed by atoms with van der Waals surface area (Å²) in [7, 11) is 1.90. The smallest absolute Gasteiger partial charge is 0.204 e. The molecule has 0 aromatic rings. The van der Waals surface area contributed by atoms with Crippen molar-refractivity contribution in [3.05, 3.63) is 12.3 Å². The first-order valence-corrected chi connectivity index (χ1v) is 5.75. The number of aliphatic hydroxyl groups excluding tert-OH is 1. The van der Waals surface area contributed by atoms with Crippen LogP contribution in [0.1, 0.15) is 20.3 Å². The molecule has 0 spiro atoms. The number of carbonyl (C=O) groups excluding carboxylic acids is 1. The third-order valence-corrected chi connectivity index (χ3v) is 2.38. The van der Waals surface area contributed by atoms with Crippen molar-refractivity contribution in [2.75, 3.05) is 26.9 Å². The van der Waals surface area contributed by atoms with Crippen molar-refractivity contribution < 1.29 is 14.6 Å². The van der Waals surface area contributed by atoms with Crippen molar-refractivity contribution in [1.29, 1.82) is 0 Å². The van der Waals surface area contributed by atoms with Crippen molar-refractivity contribution >= 4 is 6.41 Å². The number of allylic oxidation sites excluding steroid dienone is 1. The van der Waals surface area contributed by atoms with Gasteiger partial charge >= 0.3 is 0 Å². The van der Waals surface area contributed by atoms with Crippen LogP contribution in [0.4, 0.5) is 0 Å². The SMILES string of the molecule is C=C(NC)C(CCOCCO)C(C)C.NC=O. The summed E-state index contributed by atoms with van der Waals surface area (Å²) in [6.07, 6.45) is 1.21. The number of carbonyl (C=O) groups is 1. The van der Waals surface area contributed by atoms with E-state index >= 15 is 0 Å². The highest BCUT2D eigenvalue weighted by Crippen LogP contribution is 2.20. The highest BCUT2D eigenvalue weighted by atomic mass is 16.5. The fourth-order valence-electron chi connectivity index (χ4n) is 1.47. The van der Waals surface area contributed by atoms with Gasteiger partial charge in [0, 0.05) is 25.3 Å². The quantitative estimate of drug-likeness (QED) is 0.430. The number of hydrogen-bond acceptors (Lipinski definition) is 4. The van der Waals surface area contributed by atoms with Gasteiger partial charge in [0.25, 0.3) is 0 Å². The van der Waals surface area contributed by atoms with Gasteiger partial charge < -0.3 is 20.9 Å². The number of amides is 1. The van der Waals surface area contributed by atoms with Gasteiger partial charge in [-0.3, -0.25) is 4.79 Å². The fourth-order valence-corrected chi connectivity index (χ4v) is 1.47. The molecule has 0 bridgehead atoms. The second-order valence-electron chi connectivity index (χ2n) is 3.89. The minimum absolute atomic E-state index is 0.0965. The monoisotopic (exact) mass is 246 g/mol. The van der Waals surface area contributed by atoms with E-state index < -0.39 is 0 Å². The van der Waals surface area contributed by atoms with Gasteiger partial charge in [-0.05, 0) is 12.3 Å². The van der Waals surface area contributed by atoms with Crippen molar-refractivity contribution in [2.45, 2.75) is 20.3 Å². The molecule has 0 saturated heterocycles. The van der Waals surface area contributed by atoms with Gasteiger partial charge in [-0.25, -0.2) is 0 Å². The van der Waals surface area contributed by atoms with E-state index in [1.807, 2.05) is 7.05 Å². The average molecular weight is 246 g/mol. The van der Waals surface area contributed by atoms with E-state index in [0.717, 1.165) is 12.1 Å². The summed E-state index contributed by atoms with van der Waals surface area (Å²) in [4.78, 5) is 8.58. The minimum atomic E-state index is 0.0965. The molecule has 0 saturated carbocycles. The Labute approximate surface area is 104 Å². The standard InChI is InChI=1S/C11H23NO2.CH3NO/c1-9(2)11(10(3)12-4)5-7-14-8-6-13;2-1-3/h9,11-13H,3,5-8H2,1-2,4H3;1H,(H2,2,3).